The average Bonchev–Trinajstić information content (AvgIpc) is 2.92. The molecule has 0 aliphatic heterocycles. The Balaban J connectivity index is 1.56. The molecule has 0 heterocycles. The fourth-order valence-corrected chi connectivity index (χ4v) is 3.83. The number of carbonyl (C=O) groups is 2. The molecule has 3 aromatic rings. The molecular formula is C31H33F3N2O5. The van der Waals surface area contributed by atoms with Crippen molar-refractivity contribution in [2.45, 2.75) is 52.1 Å². The van der Waals surface area contributed by atoms with Crippen LogP contribution in [-0.2, 0) is 16.4 Å². The van der Waals surface area contributed by atoms with Crippen molar-refractivity contribution >= 4 is 23.3 Å². The lowest BCUT2D eigenvalue weighted by atomic mass is 9.86. The number of rotatable bonds is 11. The van der Waals surface area contributed by atoms with E-state index in [1.807, 2.05) is 19.1 Å². The molecule has 0 aromatic heterocycles. The summed E-state index contributed by atoms with van der Waals surface area (Å²) in [4.78, 5) is 29.7. The number of amides is 1. The van der Waals surface area contributed by atoms with Gasteiger partial charge in [0.05, 0.1) is 29.1 Å². The van der Waals surface area contributed by atoms with Gasteiger partial charge in [-0.05, 0) is 59.4 Å². The van der Waals surface area contributed by atoms with Crippen LogP contribution in [0.2, 0.25) is 0 Å². The number of nitrogens with zero attached hydrogens (tertiary/aromatic N) is 1. The molecule has 0 atom stereocenters. The van der Waals surface area contributed by atoms with Crippen molar-refractivity contribution in [2.75, 3.05) is 18.5 Å². The molecule has 0 aliphatic rings. The van der Waals surface area contributed by atoms with E-state index in [-0.39, 0.29) is 35.4 Å². The van der Waals surface area contributed by atoms with E-state index in [0.29, 0.717) is 18.6 Å². The molecule has 3 aromatic carbocycles. The van der Waals surface area contributed by atoms with Crippen LogP contribution >= 0.6 is 0 Å². The van der Waals surface area contributed by atoms with Crippen molar-refractivity contribution in [3.63, 3.8) is 0 Å². The second kappa shape index (κ2) is 13.3. The SMILES string of the molecule is CC/C(=N\OCCCOc1ccc(C(=O)O)c(NC(=O)c2ccc(C(F)(F)F)cc2)c1)c1ccc(C(C)(C)C)cc1. The van der Waals surface area contributed by atoms with Crippen LogP contribution in [0.4, 0.5) is 18.9 Å². The second-order valence-corrected chi connectivity index (χ2v) is 10.3. The van der Waals surface area contributed by atoms with Crippen molar-refractivity contribution in [3.05, 3.63) is 94.5 Å². The summed E-state index contributed by atoms with van der Waals surface area (Å²) >= 11 is 0. The maximum Gasteiger partial charge on any atom is 0.416 e. The van der Waals surface area contributed by atoms with Gasteiger partial charge in [0.1, 0.15) is 12.4 Å². The van der Waals surface area contributed by atoms with Crippen LogP contribution in [0.15, 0.2) is 71.9 Å². The summed E-state index contributed by atoms with van der Waals surface area (Å²) in [7, 11) is 0. The summed E-state index contributed by atoms with van der Waals surface area (Å²) in [5, 5.41) is 16.2. The molecule has 7 nitrogen and oxygen atoms in total. The molecule has 0 saturated carbocycles. The zero-order chi connectivity index (χ0) is 30.2. The Morgan fingerprint density at radius 2 is 1.49 bits per heavy atom. The predicted octanol–water partition coefficient (Wildman–Crippen LogP) is 7.55. The second-order valence-electron chi connectivity index (χ2n) is 10.3. The summed E-state index contributed by atoms with van der Waals surface area (Å²) in [5.41, 5.74) is 1.90. The van der Waals surface area contributed by atoms with Gasteiger partial charge in [-0.25, -0.2) is 4.79 Å². The average molecular weight is 571 g/mol. The van der Waals surface area contributed by atoms with E-state index in [0.717, 1.165) is 35.5 Å². The number of carboxylic acids is 1. The number of hydrogen-bond donors (Lipinski definition) is 2. The number of carbonyl (C=O) groups excluding carboxylic acids is 1. The standard InChI is InChI=1S/C31H33F3N2O5/c1-5-26(20-7-11-22(12-8-20)30(2,3)4)36-41-18-6-17-40-24-15-16-25(29(38)39)27(19-24)35-28(37)21-9-13-23(14-10-21)31(32,33)34/h7-16,19H,5-6,17-18H2,1-4H3,(H,35,37)(H,38,39)/b36-26+. The monoisotopic (exact) mass is 570 g/mol. The first-order chi connectivity index (χ1) is 19.3. The highest BCUT2D eigenvalue weighted by molar-refractivity contribution is 6.08. The molecule has 0 fully saturated rings. The fraction of sp³-hybridized carbons (Fsp3) is 0.323. The molecule has 0 bridgehead atoms. The first-order valence-electron chi connectivity index (χ1n) is 13.1. The number of nitrogens with one attached hydrogen (secondary N) is 1. The van der Waals surface area contributed by atoms with Gasteiger partial charge in [-0.15, -0.1) is 0 Å². The number of ether oxygens (including phenoxy) is 1. The first-order valence-corrected chi connectivity index (χ1v) is 13.1. The maximum atomic E-state index is 12.8. The number of hydrogen-bond acceptors (Lipinski definition) is 5. The minimum Gasteiger partial charge on any atom is -0.493 e. The van der Waals surface area contributed by atoms with Gasteiger partial charge in [0.2, 0.25) is 0 Å². The minimum absolute atomic E-state index is 0.0502. The Morgan fingerprint density at radius 1 is 0.878 bits per heavy atom. The molecule has 0 radical (unpaired) electrons. The molecular weight excluding hydrogens is 537 g/mol. The number of aromatic carboxylic acids is 1. The number of carboxylic acid groups (broad SMARTS) is 1. The highest BCUT2D eigenvalue weighted by Crippen LogP contribution is 2.30. The molecule has 0 saturated heterocycles. The molecule has 2 N–H and O–H groups in total. The molecule has 0 spiro atoms. The highest BCUT2D eigenvalue weighted by Gasteiger charge is 2.30. The number of halogens is 3. The molecule has 3 rings (SSSR count). The quantitative estimate of drug-likeness (QED) is 0.141. The van der Waals surface area contributed by atoms with E-state index < -0.39 is 23.6 Å². The number of benzene rings is 3. The Kier molecular flexibility index (Phi) is 10.2. The van der Waals surface area contributed by atoms with Crippen molar-refractivity contribution in [3.8, 4) is 5.75 Å². The van der Waals surface area contributed by atoms with Crippen LogP contribution in [-0.4, -0.2) is 35.9 Å². The summed E-state index contributed by atoms with van der Waals surface area (Å²) < 4.78 is 44.1. The van der Waals surface area contributed by atoms with Gasteiger partial charge >= 0.3 is 12.1 Å². The molecule has 0 unspecified atom stereocenters. The van der Waals surface area contributed by atoms with Crippen LogP contribution in [0.25, 0.3) is 0 Å². The van der Waals surface area contributed by atoms with Gasteiger partial charge in [0, 0.05) is 18.1 Å². The van der Waals surface area contributed by atoms with E-state index in [2.05, 4.69) is 43.4 Å². The predicted molar refractivity (Wildman–Crippen MR) is 151 cm³/mol. The van der Waals surface area contributed by atoms with Gasteiger partial charge in [-0.1, -0.05) is 57.1 Å². The normalized spacial score (nSPS) is 12.1. The lowest BCUT2D eigenvalue weighted by molar-refractivity contribution is -0.137. The van der Waals surface area contributed by atoms with Gasteiger partial charge < -0.3 is 20.0 Å². The Morgan fingerprint density at radius 3 is 2.05 bits per heavy atom. The number of alkyl halides is 3. The molecule has 218 valence electrons. The summed E-state index contributed by atoms with van der Waals surface area (Å²) in [6.07, 6.45) is -3.36. The summed E-state index contributed by atoms with van der Waals surface area (Å²) in [6.45, 7) is 8.98. The topological polar surface area (TPSA) is 97.2 Å². The van der Waals surface area contributed by atoms with Gasteiger partial charge in [-0.2, -0.15) is 13.2 Å². The van der Waals surface area contributed by atoms with Gasteiger partial charge in [0.15, 0.2) is 0 Å². The largest absolute Gasteiger partial charge is 0.493 e. The van der Waals surface area contributed by atoms with E-state index in [1.54, 1.807) is 0 Å². The van der Waals surface area contributed by atoms with Gasteiger partial charge in [0.25, 0.3) is 5.91 Å². The highest BCUT2D eigenvalue weighted by atomic mass is 19.4. The summed E-state index contributed by atoms with van der Waals surface area (Å²) in [6, 6.07) is 15.9. The number of anilines is 1. The molecule has 1 amide bonds. The van der Waals surface area contributed by atoms with Crippen LogP contribution in [0, 0.1) is 0 Å². The first kappa shape index (κ1) is 31.2. The van der Waals surface area contributed by atoms with Gasteiger partial charge in [-0.3, -0.25) is 4.79 Å². The van der Waals surface area contributed by atoms with Crippen molar-refractivity contribution < 1.29 is 37.4 Å². The Hall–Kier alpha value is -4.34. The summed E-state index contributed by atoms with van der Waals surface area (Å²) in [5.74, 6) is -1.75. The smallest absolute Gasteiger partial charge is 0.416 e. The molecule has 10 heteroatoms. The maximum absolute atomic E-state index is 12.8. The molecule has 0 aliphatic carbocycles. The fourth-order valence-electron chi connectivity index (χ4n) is 3.83. The van der Waals surface area contributed by atoms with E-state index in [1.165, 1.54) is 23.8 Å². The van der Waals surface area contributed by atoms with Crippen LogP contribution in [0.5, 0.6) is 5.75 Å². The van der Waals surface area contributed by atoms with E-state index in [9.17, 15) is 27.9 Å². The third-order valence-corrected chi connectivity index (χ3v) is 6.19. The van der Waals surface area contributed by atoms with E-state index in [4.69, 9.17) is 9.57 Å². The number of oxime groups is 1. The van der Waals surface area contributed by atoms with E-state index >= 15 is 0 Å². The zero-order valence-corrected chi connectivity index (χ0v) is 23.3. The molecule has 41 heavy (non-hydrogen) atoms. The Bertz CT molecular complexity index is 1380. The van der Waals surface area contributed by atoms with Crippen LogP contribution < -0.4 is 10.1 Å². The Labute approximate surface area is 237 Å². The van der Waals surface area contributed by atoms with Crippen LogP contribution in [0.1, 0.15) is 77.9 Å². The van der Waals surface area contributed by atoms with Crippen molar-refractivity contribution in [1.82, 2.24) is 0 Å². The third kappa shape index (κ3) is 8.83. The van der Waals surface area contributed by atoms with Crippen LogP contribution in [0.3, 0.4) is 0 Å². The van der Waals surface area contributed by atoms with Crippen molar-refractivity contribution in [2.24, 2.45) is 5.16 Å². The van der Waals surface area contributed by atoms with Crippen molar-refractivity contribution in [1.29, 1.82) is 0 Å². The lowest BCUT2D eigenvalue weighted by Gasteiger charge is -2.19. The zero-order valence-electron chi connectivity index (χ0n) is 23.3. The third-order valence-electron chi connectivity index (χ3n) is 6.19. The lowest BCUT2D eigenvalue weighted by Crippen LogP contribution is -2.15. The minimum atomic E-state index is -4.54.